The molecular formula is C18H25N3O2. The summed E-state index contributed by atoms with van der Waals surface area (Å²) in [7, 11) is 1.65. The van der Waals surface area contributed by atoms with Gasteiger partial charge in [-0.25, -0.2) is 4.98 Å². The molecule has 2 aromatic heterocycles. The lowest BCUT2D eigenvalue weighted by atomic mass is 9.87. The molecule has 3 rings (SSSR count). The highest BCUT2D eigenvalue weighted by molar-refractivity contribution is 5.76. The molecule has 1 N–H and O–H groups in total. The number of hydrogen-bond donors (Lipinski definition) is 1. The summed E-state index contributed by atoms with van der Waals surface area (Å²) >= 11 is 0. The molecule has 0 unspecified atom stereocenters. The van der Waals surface area contributed by atoms with E-state index < -0.39 is 0 Å². The number of aromatic nitrogens is 2. The number of carbonyl (C=O) groups is 1. The highest BCUT2D eigenvalue weighted by Crippen LogP contribution is 2.26. The van der Waals surface area contributed by atoms with Gasteiger partial charge in [0.15, 0.2) is 11.4 Å². The molecular weight excluding hydrogens is 290 g/mol. The molecule has 0 saturated heterocycles. The number of imidazole rings is 1. The van der Waals surface area contributed by atoms with Crippen molar-refractivity contribution in [2.45, 2.75) is 44.9 Å². The number of amides is 1. The van der Waals surface area contributed by atoms with Crippen LogP contribution in [0.25, 0.3) is 5.65 Å². The minimum Gasteiger partial charge on any atom is -0.493 e. The van der Waals surface area contributed by atoms with Crippen molar-refractivity contribution in [1.82, 2.24) is 14.7 Å². The molecule has 5 nitrogen and oxygen atoms in total. The van der Waals surface area contributed by atoms with Gasteiger partial charge in [0.25, 0.3) is 0 Å². The fourth-order valence-corrected chi connectivity index (χ4v) is 3.37. The van der Waals surface area contributed by atoms with Crippen molar-refractivity contribution < 1.29 is 9.53 Å². The molecule has 0 spiro atoms. The van der Waals surface area contributed by atoms with Crippen LogP contribution in [0.2, 0.25) is 0 Å². The lowest BCUT2D eigenvalue weighted by Crippen LogP contribution is -2.28. The maximum absolute atomic E-state index is 12.0. The van der Waals surface area contributed by atoms with E-state index in [1.165, 1.54) is 32.1 Å². The average Bonchev–Trinajstić information content (AvgIpc) is 2.98. The molecule has 5 heteroatoms. The highest BCUT2D eigenvalue weighted by Gasteiger charge is 2.16. The van der Waals surface area contributed by atoms with E-state index in [9.17, 15) is 4.79 Å². The van der Waals surface area contributed by atoms with Crippen LogP contribution in [0.3, 0.4) is 0 Å². The van der Waals surface area contributed by atoms with E-state index in [1.807, 2.05) is 28.9 Å². The van der Waals surface area contributed by atoms with Gasteiger partial charge in [0.05, 0.1) is 12.8 Å². The topological polar surface area (TPSA) is 55.6 Å². The maximum Gasteiger partial charge on any atom is 0.220 e. The van der Waals surface area contributed by atoms with E-state index in [0.717, 1.165) is 23.5 Å². The molecule has 0 atom stereocenters. The van der Waals surface area contributed by atoms with E-state index in [-0.39, 0.29) is 5.91 Å². The van der Waals surface area contributed by atoms with E-state index in [2.05, 4.69) is 10.3 Å². The molecule has 1 aliphatic rings. The Labute approximate surface area is 137 Å². The SMILES string of the molecule is COc1cccn2cc(CCNC(=O)CC3CCCCC3)nc12. The van der Waals surface area contributed by atoms with Crippen LogP contribution >= 0.6 is 0 Å². The summed E-state index contributed by atoms with van der Waals surface area (Å²) in [6, 6.07) is 3.83. The van der Waals surface area contributed by atoms with Crippen LogP contribution in [0, 0.1) is 5.92 Å². The Morgan fingerprint density at radius 2 is 2.22 bits per heavy atom. The summed E-state index contributed by atoms with van der Waals surface area (Å²) in [4.78, 5) is 16.6. The number of nitrogens with zero attached hydrogens (tertiary/aromatic N) is 2. The number of hydrogen-bond acceptors (Lipinski definition) is 3. The Kier molecular flexibility index (Phi) is 5.16. The zero-order valence-corrected chi connectivity index (χ0v) is 13.8. The van der Waals surface area contributed by atoms with Gasteiger partial charge in [-0.3, -0.25) is 4.79 Å². The molecule has 1 saturated carbocycles. The van der Waals surface area contributed by atoms with Gasteiger partial charge in [0, 0.05) is 31.8 Å². The van der Waals surface area contributed by atoms with E-state index >= 15 is 0 Å². The summed E-state index contributed by atoms with van der Waals surface area (Å²) in [6.45, 7) is 0.637. The van der Waals surface area contributed by atoms with Crippen molar-refractivity contribution in [2.75, 3.05) is 13.7 Å². The third-order valence-electron chi connectivity index (χ3n) is 4.62. The molecule has 23 heavy (non-hydrogen) atoms. The summed E-state index contributed by atoms with van der Waals surface area (Å²) < 4.78 is 7.27. The second-order valence-electron chi connectivity index (χ2n) is 6.35. The van der Waals surface area contributed by atoms with Gasteiger partial charge in [-0.05, 0) is 30.9 Å². The third kappa shape index (κ3) is 4.03. The minimum absolute atomic E-state index is 0.179. The lowest BCUT2D eigenvalue weighted by molar-refractivity contribution is -0.122. The standard InChI is InChI=1S/C18H25N3O2/c1-23-16-8-5-11-21-13-15(20-18(16)21)9-10-19-17(22)12-14-6-3-2-4-7-14/h5,8,11,13-14H,2-4,6-7,9-10,12H2,1H3,(H,19,22). The van der Waals surface area contributed by atoms with Crippen LogP contribution in [-0.4, -0.2) is 28.9 Å². The third-order valence-corrected chi connectivity index (χ3v) is 4.62. The smallest absolute Gasteiger partial charge is 0.220 e. The molecule has 0 radical (unpaired) electrons. The van der Waals surface area contributed by atoms with Crippen molar-refractivity contribution in [1.29, 1.82) is 0 Å². The first-order valence-electron chi connectivity index (χ1n) is 8.53. The summed E-state index contributed by atoms with van der Waals surface area (Å²) in [6.07, 6.45) is 11.7. The van der Waals surface area contributed by atoms with E-state index in [4.69, 9.17) is 4.74 Å². The van der Waals surface area contributed by atoms with Crippen molar-refractivity contribution in [3.63, 3.8) is 0 Å². The summed E-state index contributed by atoms with van der Waals surface area (Å²) in [5, 5.41) is 3.03. The normalized spacial score (nSPS) is 15.7. The van der Waals surface area contributed by atoms with Crippen molar-refractivity contribution in [3.8, 4) is 5.75 Å². The van der Waals surface area contributed by atoms with Gasteiger partial charge in [0.1, 0.15) is 0 Å². The number of ether oxygens (including phenoxy) is 1. The Bertz CT molecular complexity index is 659. The monoisotopic (exact) mass is 315 g/mol. The molecule has 1 aliphatic carbocycles. The van der Waals surface area contributed by atoms with Crippen LogP contribution in [-0.2, 0) is 11.2 Å². The van der Waals surface area contributed by atoms with Gasteiger partial charge < -0.3 is 14.5 Å². The number of carbonyl (C=O) groups excluding carboxylic acids is 1. The molecule has 1 fully saturated rings. The zero-order chi connectivity index (χ0) is 16.1. The number of rotatable bonds is 6. The second-order valence-corrected chi connectivity index (χ2v) is 6.35. The van der Waals surface area contributed by atoms with E-state index in [0.29, 0.717) is 18.9 Å². The fraction of sp³-hybridized carbons (Fsp3) is 0.556. The predicted molar refractivity (Wildman–Crippen MR) is 89.6 cm³/mol. The fourth-order valence-electron chi connectivity index (χ4n) is 3.37. The average molecular weight is 315 g/mol. The van der Waals surface area contributed by atoms with Crippen LogP contribution in [0.15, 0.2) is 24.5 Å². The number of methoxy groups -OCH3 is 1. The van der Waals surface area contributed by atoms with Gasteiger partial charge in [0.2, 0.25) is 5.91 Å². The molecule has 2 heterocycles. The van der Waals surface area contributed by atoms with Crippen LogP contribution in [0.1, 0.15) is 44.2 Å². The van der Waals surface area contributed by atoms with Crippen LogP contribution in [0.4, 0.5) is 0 Å². The molecule has 0 aliphatic heterocycles. The van der Waals surface area contributed by atoms with Gasteiger partial charge in [-0.1, -0.05) is 19.3 Å². The van der Waals surface area contributed by atoms with Crippen molar-refractivity contribution in [2.24, 2.45) is 5.92 Å². The second kappa shape index (κ2) is 7.49. The van der Waals surface area contributed by atoms with Crippen molar-refractivity contribution >= 4 is 11.6 Å². The summed E-state index contributed by atoms with van der Waals surface area (Å²) in [5.74, 6) is 1.53. The quantitative estimate of drug-likeness (QED) is 0.891. The lowest BCUT2D eigenvalue weighted by Gasteiger charge is -2.20. The molecule has 2 aromatic rings. The Morgan fingerprint density at radius 3 is 3.00 bits per heavy atom. The Hall–Kier alpha value is -2.04. The van der Waals surface area contributed by atoms with Crippen LogP contribution in [0.5, 0.6) is 5.75 Å². The Morgan fingerprint density at radius 1 is 1.39 bits per heavy atom. The highest BCUT2D eigenvalue weighted by atomic mass is 16.5. The van der Waals surface area contributed by atoms with Crippen LogP contribution < -0.4 is 10.1 Å². The molecule has 124 valence electrons. The predicted octanol–water partition coefficient (Wildman–Crippen LogP) is 2.97. The maximum atomic E-state index is 12.0. The van der Waals surface area contributed by atoms with Crippen molar-refractivity contribution in [3.05, 3.63) is 30.2 Å². The summed E-state index contributed by atoms with van der Waals surface area (Å²) in [5.41, 5.74) is 1.78. The number of pyridine rings is 1. The first-order chi connectivity index (χ1) is 11.3. The number of fused-ring (bicyclic) bond motifs is 1. The molecule has 0 aromatic carbocycles. The van der Waals surface area contributed by atoms with Gasteiger partial charge in [-0.2, -0.15) is 0 Å². The zero-order valence-electron chi connectivity index (χ0n) is 13.8. The first kappa shape index (κ1) is 15.8. The first-order valence-corrected chi connectivity index (χ1v) is 8.53. The van der Waals surface area contributed by atoms with E-state index in [1.54, 1.807) is 7.11 Å². The largest absolute Gasteiger partial charge is 0.493 e. The van der Waals surface area contributed by atoms with Gasteiger partial charge in [-0.15, -0.1) is 0 Å². The van der Waals surface area contributed by atoms with Gasteiger partial charge >= 0.3 is 0 Å². The minimum atomic E-state index is 0.179. The molecule has 0 bridgehead atoms. The Balaban J connectivity index is 1.49. The number of nitrogens with one attached hydrogen (secondary N) is 1. The molecule has 1 amide bonds.